The highest BCUT2D eigenvalue weighted by Gasteiger charge is 2.55. The van der Waals surface area contributed by atoms with E-state index in [-0.39, 0.29) is 41.7 Å². The second kappa shape index (κ2) is 12.5. The van der Waals surface area contributed by atoms with E-state index in [1.54, 1.807) is 30.3 Å². The molecule has 2 heterocycles. The number of carbonyl (C=O) groups excluding carboxylic acids is 3. The molecule has 13 heteroatoms. The van der Waals surface area contributed by atoms with Crippen LogP contribution in [0.4, 0.5) is 16.2 Å². The molecule has 0 aliphatic carbocycles. The van der Waals surface area contributed by atoms with Gasteiger partial charge in [-0.1, -0.05) is 35.9 Å². The molecule has 3 amide bonds. The fourth-order valence-corrected chi connectivity index (χ4v) is 6.97. The van der Waals surface area contributed by atoms with E-state index in [4.69, 9.17) is 14.2 Å². The van der Waals surface area contributed by atoms with E-state index in [1.807, 2.05) is 39.0 Å². The highest BCUT2D eigenvalue weighted by molar-refractivity contribution is 7.90. The maximum absolute atomic E-state index is 14.2. The van der Waals surface area contributed by atoms with E-state index in [1.165, 1.54) is 33.1 Å². The average Bonchev–Trinajstić information content (AvgIpc) is 3.19. The van der Waals surface area contributed by atoms with Gasteiger partial charge in [-0.05, 0) is 76.1 Å². The molecule has 1 fully saturated rings. The molecule has 0 bridgehead atoms. The summed E-state index contributed by atoms with van der Waals surface area (Å²) in [6.07, 6.45) is -0.916. The number of carbonyl (C=O) groups is 3. The summed E-state index contributed by atoms with van der Waals surface area (Å²) in [6, 6.07) is 15.1. The van der Waals surface area contributed by atoms with Crippen molar-refractivity contribution in [3.63, 3.8) is 0 Å². The van der Waals surface area contributed by atoms with Crippen molar-refractivity contribution < 1.29 is 37.0 Å². The Balaban J connectivity index is 1.57. The first-order chi connectivity index (χ1) is 21.7. The van der Waals surface area contributed by atoms with E-state index in [0.717, 1.165) is 21.0 Å². The van der Waals surface area contributed by atoms with Crippen LogP contribution in [0, 0.1) is 20.8 Å². The normalized spacial score (nSPS) is 17.1. The SMILES string of the molecule is COc1ccc(C)cc1NC(=O)C(C1=Nc2ccccc2S(=O)(=O)N1CCCOc1ccc(C)cc1C)N1C(=O)OC(C)(C)C1=O. The number of methoxy groups -OCH3 is 1. The van der Waals surface area contributed by atoms with Gasteiger partial charge in [0.05, 0.1) is 25.1 Å². The minimum Gasteiger partial charge on any atom is -0.495 e. The monoisotopic (exact) mass is 648 g/mol. The highest BCUT2D eigenvalue weighted by Crippen LogP contribution is 2.36. The van der Waals surface area contributed by atoms with Crippen LogP contribution < -0.4 is 14.8 Å². The zero-order valence-corrected chi connectivity index (χ0v) is 27.3. The average molecular weight is 649 g/mol. The summed E-state index contributed by atoms with van der Waals surface area (Å²) >= 11 is 0. The molecule has 3 aromatic rings. The first-order valence-corrected chi connectivity index (χ1v) is 16.1. The number of nitrogens with zero attached hydrogens (tertiary/aromatic N) is 3. The van der Waals surface area contributed by atoms with Crippen LogP contribution in [-0.4, -0.2) is 73.3 Å². The summed E-state index contributed by atoms with van der Waals surface area (Å²) in [5, 5.41) is 2.72. The van der Waals surface area contributed by atoms with E-state index in [9.17, 15) is 22.8 Å². The lowest BCUT2D eigenvalue weighted by Crippen LogP contribution is -2.59. The number of aliphatic imine (C=N–C) groups is 1. The third-order valence-corrected chi connectivity index (χ3v) is 9.51. The van der Waals surface area contributed by atoms with Crippen LogP contribution in [-0.2, 0) is 24.3 Å². The van der Waals surface area contributed by atoms with E-state index in [0.29, 0.717) is 16.4 Å². The number of imide groups is 1. The van der Waals surface area contributed by atoms with Gasteiger partial charge >= 0.3 is 6.09 Å². The summed E-state index contributed by atoms with van der Waals surface area (Å²) in [6.45, 7) is 8.45. The molecule has 2 aliphatic heterocycles. The molecule has 12 nitrogen and oxygen atoms in total. The van der Waals surface area contributed by atoms with Gasteiger partial charge in [0.1, 0.15) is 16.4 Å². The molecule has 1 saturated heterocycles. The van der Waals surface area contributed by atoms with Crippen molar-refractivity contribution in [3.8, 4) is 11.5 Å². The Bertz CT molecular complexity index is 1850. The van der Waals surface area contributed by atoms with Crippen molar-refractivity contribution in [3.05, 3.63) is 77.4 Å². The summed E-state index contributed by atoms with van der Waals surface area (Å²) in [7, 11) is -2.87. The van der Waals surface area contributed by atoms with Gasteiger partial charge in [0, 0.05) is 13.0 Å². The number of fused-ring (bicyclic) bond motifs is 1. The number of aryl methyl sites for hydroxylation is 3. The number of para-hydroxylation sites is 1. The minimum atomic E-state index is -4.30. The molecule has 3 aromatic carbocycles. The van der Waals surface area contributed by atoms with Crippen molar-refractivity contribution in [2.24, 2.45) is 4.99 Å². The molecule has 5 rings (SSSR count). The molecule has 242 valence electrons. The van der Waals surface area contributed by atoms with Gasteiger partial charge in [-0.15, -0.1) is 0 Å². The molecule has 0 radical (unpaired) electrons. The van der Waals surface area contributed by atoms with E-state index >= 15 is 0 Å². The summed E-state index contributed by atoms with van der Waals surface area (Å²) in [4.78, 5) is 46.2. The van der Waals surface area contributed by atoms with Crippen molar-refractivity contribution in [2.45, 2.75) is 57.6 Å². The number of hydrogen-bond acceptors (Lipinski definition) is 9. The lowest BCUT2D eigenvalue weighted by molar-refractivity contribution is -0.137. The van der Waals surface area contributed by atoms with Crippen LogP contribution in [0.3, 0.4) is 0 Å². The predicted molar refractivity (Wildman–Crippen MR) is 171 cm³/mol. The Morgan fingerprint density at radius 1 is 1.00 bits per heavy atom. The Labute approximate surface area is 268 Å². The summed E-state index contributed by atoms with van der Waals surface area (Å²) in [5.74, 6) is -1.08. The quantitative estimate of drug-likeness (QED) is 0.306. The van der Waals surface area contributed by atoms with Crippen LogP contribution in [0.5, 0.6) is 11.5 Å². The Kier molecular flexibility index (Phi) is 8.81. The maximum atomic E-state index is 14.2. The van der Waals surface area contributed by atoms with Crippen molar-refractivity contribution >= 4 is 45.1 Å². The molecular weight excluding hydrogens is 612 g/mol. The number of sulfonamides is 1. The second-order valence-corrected chi connectivity index (χ2v) is 13.5. The lowest BCUT2D eigenvalue weighted by atomic mass is 10.1. The third kappa shape index (κ3) is 6.14. The predicted octanol–water partition coefficient (Wildman–Crippen LogP) is 4.89. The molecule has 1 unspecified atom stereocenters. The lowest BCUT2D eigenvalue weighted by Gasteiger charge is -2.35. The number of rotatable bonds is 10. The van der Waals surface area contributed by atoms with E-state index in [2.05, 4.69) is 10.3 Å². The Morgan fingerprint density at radius 2 is 1.67 bits per heavy atom. The fraction of sp³-hybridized carbons (Fsp3) is 0.333. The highest BCUT2D eigenvalue weighted by atomic mass is 32.2. The van der Waals surface area contributed by atoms with Gasteiger partial charge in [0.2, 0.25) is 0 Å². The molecule has 0 saturated carbocycles. The fourth-order valence-electron chi connectivity index (χ4n) is 5.35. The zero-order valence-electron chi connectivity index (χ0n) is 26.5. The smallest absolute Gasteiger partial charge is 0.418 e. The molecule has 46 heavy (non-hydrogen) atoms. The molecule has 1 N–H and O–H groups in total. The number of benzene rings is 3. The first-order valence-electron chi connectivity index (χ1n) is 14.7. The number of amidine groups is 1. The van der Waals surface area contributed by atoms with Gasteiger partial charge in [0.25, 0.3) is 21.8 Å². The topological polar surface area (TPSA) is 144 Å². The van der Waals surface area contributed by atoms with Gasteiger partial charge in [-0.2, -0.15) is 0 Å². The first kappa shape index (κ1) is 32.5. The van der Waals surface area contributed by atoms with Gasteiger partial charge < -0.3 is 19.5 Å². The van der Waals surface area contributed by atoms with Gasteiger partial charge in [0.15, 0.2) is 17.5 Å². The number of anilines is 1. The summed E-state index contributed by atoms with van der Waals surface area (Å²) < 4.78 is 45.9. The zero-order chi connectivity index (χ0) is 33.4. The number of nitrogens with one attached hydrogen (secondary N) is 1. The molecule has 0 aromatic heterocycles. The molecule has 2 aliphatic rings. The summed E-state index contributed by atoms with van der Waals surface area (Å²) in [5.41, 5.74) is 1.51. The van der Waals surface area contributed by atoms with E-state index < -0.39 is 39.6 Å². The van der Waals surface area contributed by atoms with Crippen LogP contribution in [0.1, 0.15) is 37.0 Å². The third-order valence-electron chi connectivity index (χ3n) is 7.65. The molecule has 1 atom stereocenters. The van der Waals surface area contributed by atoms with Crippen LogP contribution >= 0.6 is 0 Å². The minimum absolute atomic E-state index is 0.0606. The molecular formula is C33H36N4O8S. The van der Waals surface area contributed by atoms with Crippen molar-refractivity contribution in [1.29, 1.82) is 0 Å². The number of amides is 3. The van der Waals surface area contributed by atoms with Crippen molar-refractivity contribution in [2.75, 3.05) is 25.6 Å². The number of hydrogen-bond donors (Lipinski definition) is 1. The molecule has 0 spiro atoms. The maximum Gasteiger partial charge on any atom is 0.418 e. The Hall–Kier alpha value is -4.91. The van der Waals surface area contributed by atoms with Gasteiger partial charge in [-0.3, -0.25) is 13.9 Å². The largest absolute Gasteiger partial charge is 0.495 e. The van der Waals surface area contributed by atoms with Crippen LogP contribution in [0.15, 0.2) is 70.6 Å². The van der Waals surface area contributed by atoms with Crippen LogP contribution in [0.2, 0.25) is 0 Å². The number of ether oxygens (including phenoxy) is 3. The number of cyclic esters (lactones) is 1. The van der Waals surface area contributed by atoms with Gasteiger partial charge in [-0.25, -0.2) is 23.1 Å². The standard InChI is InChI=1S/C33H36N4O8S/c1-20-12-14-25(22(3)18-20)44-17-9-16-36-29(34-23-10-7-8-11-27(23)46(36,41)42)28(37-31(39)33(4,5)45-32(37)40)30(38)35-24-19-21(2)13-15-26(24)43-6/h7-8,10-15,18-19,28H,9,16-17H2,1-6H3,(H,35,38). The van der Waals surface area contributed by atoms with Crippen LogP contribution in [0.25, 0.3) is 0 Å². The second-order valence-electron chi connectivity index (χ2n) is 11.6. The Morgan fingerprint density at radius 3 is 2.33 bits per heavy atom. The van der Waals surface area contributed by atoms with Crippen molar-refractivity contribution in [1.82, 2.24) is 9.21 Å².